The molecule has 0 saturated heterocycles. The van der Waals surface area contributed by atoms with Crippen LogP contribution in [0.1, 0.15) is 77.0 Å². The third-order valence-corrected chi connectivity index (χ3v) is 3.30. The molecule has 110 valence electrons. The Morgan fingerprint density at radius 3 is 1.20 bits per heavy atom. The second-order valence-electron chi connectivity index (χ2n) is 5.17. The summed E-state index contributed by atoms with van der Waals surface area (Å²) in [4.78, 5) is 0. The lowest BCUT2D eigenvalue weighted by atomic mass is 10.1. The Hall–Kier alpha value is -1.40. The Bertz CT molecular complexity index is 285. The molecule has 0 aromatic rings. The predicted molar refractivity (Wildman–Crippen MR) is 91.4 cm³/mol. The van der Waals surface area contributed by atoms with Crippen molar-refractivity contribution in [3.63, 3.8) is 0 Å². The van der Waals surface area contributed by atoms with Gasteiger partial charge in [0, 0.05) is 12.8 Å². The van der Waals surface area contributed by atoms with Gasteiger partial charge in [-0.1, -0.05) is 62.8 Å². The van der Waals surface area contributed by atoms with Gasteiger partial charge in [-0.05, 0) is 25.7 Å². The van der Waals surface area contributed by atoms with Crippen molar-refractivity contribution in [1.82, 2.24) is 0 Å². The van der Waals surface area contributed by atoms with Gasteiger partial charge in [0.05, 0.1) is 0 Å². The largest absolute Gasteiger partial charge is 0.120 e. The van der Waals surface area contributed by atoms with Crippen molar-refractivity contribution in [3.05, 3.63) is 24.3 Å². The van der Waals surface area contributed by atoms with Gasteiger partial charge in [0.15, 0.2) is 0 Å². The predicted octanol–water partition coefficient (Wildman–Crippen LogP) is 6.05. The third-order valence-electron chi connectivity index (χ3n) is 3.30. The highest BCUT2D eigenvalue weighted by molar-refractivity contribution is 4.96. The number of hydrogen-bond acceptors (Lipinski definition) is 0. The summed E-state index contributed by atoms with van der Waals surface area (Å²) in [6.45, 7) is 0. The van der Waals surface area contributed by atoms with E-state index in [9.17, 15) is 0 Å². The fraction of sp³-hybridized carbons (Fsp3) is 0.600. The van der Waals surface area contributed by atoms with Gasteiger partial charge >= 0.3 is 0 Å². The summed E-state index contributed by atoms with van der Waals surface area (Å²) >= 11 is 0. The lowest BCUT2D eigenvalue weighted by Gasteiger charge is -2.00. The van der Waals surface area contributed by atoms with Crippen molar-refractivity contribution in [3.8, 4) is 24.7 Å². The summed E-state index contributed by atoms with van der Waals surface area (Å²) in [5, 5.41) is 0. The molecule has 0 N–H and O–H groups in total. The molecule has 0 spiro atoms. The van der Waals surface area contributed by atoms with Crippen LogP contribution >= 0.6 is 0 Å². The molecule has 0 aliphatic heterocycles. The van der Waals surface area contributed by atoms with Crippen molar-refractivity contribution in [2.45, 2.75) is 77.0 Å². The Labute approximate surface area is 126 Å². The highest BCUT2D eigenvalue weighted by Gasteiger charge is 1.91. The molecule has 0 saturated carbocycles. The maximum Gasteiger partial charge on any atom is 0.0267 e. The molecule has 0 nitrogen and oxygen atoms in total. The molecule has 0 rings (SSSR count). The van der Waals surface area contributed by atoms with Crippen LogP contribution in [0.25, 0.3) is 0 Å². The van der Waals surface area contributed by atoms with Gasteiger partial charge in [0.2, 0.25) is 0 Å². The molecule has 0 fully saturated rings. The van der Waals surface area contributed by atoms with Crippen molar-refractivity contribution < 1.29 is 0 Å². The van der Waals surface area contributed by atoms with Crippen LogP contribution in [0.15, 0.2) is 24.3 Å². The van der Waals surface area contributed by atoms with Crippen molar-refractivity contribution >= 4 is 0 Å². The highest BCUT2D eigenvalue weighted by Crippen LogP contribution is 2.11. The van der Waals surface area contributed by atoms with Crippen LogP contribution in [0, 0.1) is 24.7 Å². The van der Waals surface area contributed by atoms with Crippen LogP contribution < -0.4 is 0 Å². The van der Waals surface area contributed by atoms with Crippen molar-refractivity contribution in [2.24, 2.45) is 0 Å². The van der Waals surface area contributed by atoms with Gasteiger partial charge in [0.1, 0.15) is 0 Å². The average molecular weight is 270 g/mol. The van der Waals surface area contributed by atoms with Gasteiger partial charge in [-0.3, -0.25) is 0 Å². The standard InChI is InChI=1S/C20H30/c1-3-5-7-9-11-13-15-17-19-20-18-16-14-12-10-8-6-4-2/h1-2,7-10H,5-6,11-20H2/b9-7+,10-8+. The van der Waals surface area contributed by atoms with Gasteiger partial charge < -0.3 is 0 Å². The maximum atomic E-state index is 5.18. The summed E-state index contributed by atoms with van der Waals surface area (Å²) in [5.74, 6) is 5.24. The quantitative estimate of drug-likeness (QED) is 0.217. The molecule has 20 heavy (non-hydrogen) atoms. The third kappa shape index (κ3) is 16.6. The normalized spacial score (nSPS) is 10.9. The molecule has 0 aliphatic carbocycles. The summed E-state index contributed by atoms with van der Waals surface area (Å²) in [5.41, 5.74) is 0. The molecule has 0 aliphatic rings. The topological polar surface area (TPSA) is 0 Å². The second kappa shape index (κ2) is 17.6. The summed E-state index contributed by atoms with van der Waals surface area (Å²) in [6.07, 6.45) is 33.8. The number of rotatable bonds is 13. The van der Waals surface area contributed by atoms with E-state index in [0.29, 0.717) is 0 Å². The van der Waals surface area contributed by atoms with Crippen LogP contribution in [-0.2, 0) is 0 Å². The molecule has 0 heteroatoms. The molecular formula is C20H30. The second-order valence-corrected chi connectivity index (χ2v) is 5.17. The molecule has 0 aromatic carbocycles. The minimum absolute atomic E-state index is 0.776. The molecule has 0 aromatic heterocycles. The number of terminal acetylenes is 2. The molecule has 0 atom stereocenters. The average Bonchev–Trinajstić information content (AvgIpc) is 2.47. The lowest BCUT2D eigenvalue weighted by molar-refractivity contribution is 0.571. The molecule has 0 heterocycles. The summed E-state index contributed by atoms with van der Waals surface area (Å²) in [6, 6.07) is 0. The van der Waals surface area contributed by atoms with Gasteiger partial charge in [-0.2, -0.15) is 0 Å². The van der Waals surface area contributed by atoms with Gasteiger partial charge in [-0.25, -0.2) is 0 Å². The van der Waals surface area contributed by atoms with E-state index in [0.717, 1.165) is 12.8 Å². The number of unbranched alkanes of at least 4 members (excludes halogenated alkanes) is 9. The monoisotopic (exact) mass is 270 g/mol. The minimum atomic E-state index is 0.776. The van der Waals surface area contributed by atoms with E-state index in [1.54, 1.807) is 0 Å². The zero-order valence-corrected chi connectivity index (χ0v) is 12.9. The zero-order valence-electron chi connectivity index (χ0n) is 12.9. The van der Waals surface area contributed by atoms with Crippen LogP contribution in [0.4, 0.5) is 0 Å². The maximum absolute atomic E-state index is 5.18. The zero-order chi connectivity index (χ0) is 14.7. The van der Waals surface area contributed by atoms with E-state index >= 15 is 0 Å². The van der Waals surface area contributed by atoms with E-state index < -0.39 is 0 Å². The Morgan fingerprint density at radius 2 is 0.850 bits per heavy atom. The van der Waals surface area contributed by atoms with E-state index in [1.807, 2.05) is 0 Å². The minimum Gasteiger partial charge on any atom is -0.120 e. The fourth-order valence-corrected chi connectivity index (χ4v) is 2.12. The Kier molecular flexibility index (Phi) is 16.4. The van der Waals surface area contributed by atoms with E-state index in [4.69, 9.17) is 12.8 Å². The first kappa shape index (κ1) is 18.6. The smallest absolute Gasteiger partial charge is 0.0267 e. The Morgan fingerprint density at radius 1 is 0.500 bits per heavy atom. The van der Waals surface area contributed by atoms with Crippen LogP contribution in [0.5, 0.6) is 0 Å². The summed E-state index contributed by atoms with van der Waals surface area (Å²) in [7, 11) is 0. The van der Waals surface area contributed by atoms with Crippen molar-refractivity contribution in [1.29, 1.82) is 0 Å². The van der Waals surface area contributed by atoms with E-state index in [-0.39, 0.29) is 0 Å². The van der Waals surface area contributed by atoms with Crippen LogP contribution in [0.2, 0.25) is 0 Å². The first-order valence-corrected chi connectivity index (χ1v) is 8.08. The molecular weight excluding hydrogens is 240 g/mol. The highest BCUT2D eigenvalue weighted by atomic mass is 14.0. The SMILES string of the molecule is C#CC/C=C/CCCCCCCCCC/C=C/CC#C. The molecule has 0 unspecified atom stereocenters. The first-order chi connectivity index (χ1) is 9.91. The van der Waals surface area contributed by atoms with Gasteiger partial charge in [-0.15, -0.1) is 24.7 Å². The molecule has 0 amide bonds. The molecule has 0 radical (unpaired) electrons. The number of hydrogen-bond donors (Lipinski definition) is 0. The summed E-state index contributed by atoms with van der Waals surface area (Å²) < 4.78 is 0. The molecule has 0 bridgehead atoms. The number of allylic oxidation sites excluding steroid dienone is 4. The first-order valence-electron chi connectivity index (χ1n) is 8.08. The van der Waals surface area contributed by atoms with Crippen LogP contribution in [0.3, 0.4) is 0 Å². The fourth-order valence-electron chi connectivity index (χ4n) is 2.12. The van der Waals surface area contributed by atoms with Crippen molar-refractivity contribution in [2.75, 3.05) is 0 Å². The Balaban J connectivity index is 3.07. The van der Waals surface area contributed by atoms with E-state index in [2.05, 4.69) is 36.1 Å². The van der Waals surface area contributed by atoms with E-state index in [1.165, 1.54) is 64.2 Å². The van der Waals surface area contributed by atoms with Crippen LogP contribution in [-0.4, -0.2) is 0 Å². The lowest BCUT2D eigenvalue weighted by Crippen LogP contribution is -1.81. The van der Waals surface area contributed by atoms with Gasteiger partial charge in [0.25, 0.3) is 0 Å².